The van der Waals surface area contributed by atoms with Crippen molar-refractivity contribution in [1.29, 1.82) is 0 Å². The summed E-state index contributed by atoms with van der Waals surface area (Å²) in [6.07, 6.45) is 1.56. The number of rotatable bonds is 7. The Morgan fingerprint density at radius 3 is 2.32 bits per heavy atom. The van der Waals surface area contributed by atoms with Crippen molar-refractivity contribution in [1.82, 2.24) is 14.8 Å². The number of piperazine rings is 1. The molecule has 8 nitrogen and oxygen atoms in total. The van der Waals surface area contributed by atoms with Gasteiger partial charge in [0.2, 0.25) is 0 Å². The van der Waals surface area contributed by atoms with E-state index in [0.717, 1.165) is 16.5 Å². The van der Waals surface area contributed by atoms with Crippen molar-refractivity contribution in [2.45, 2.75) is 18.4 Å². The van der Waals surface area contributed by atoms with Crippen molar-refractivity contribution in [3.8, 4) is 0 Å². The maximum Gasteiger partial charge on any atom is 0.264 e. The second-order valence-electron chi connectivity index (χ2n) is 9.30. The predicted molar refractivity (Wildman–Crippen MR) is 147 cm³/mol. The van der Waals surface area contributed by atoms with Crippen LogP contribution in [0.15, 0.2) is 90.0 Å². The van der Waals surface area contributed by atoms with E-state index >= 15 is 0 Å². The van der Waals surface area contributed by atoms with Crippen LogP contribution in [0.5, 0.6) is 0 Å². The number of fused-ring (bicyclic) bond motifs is 1. The van der Waals surface area contributed by atoms with Gasteiger partial charge >= 0.3 is 0 Å². The number of carbonyl (C=O) groups is 2. The molecule has 0 radical (unpaired) electrons. The Morgan fingerprint density at radius 2 is 1.58 bits per heavy atom. The van der Waals surface area contributed by atoms with Gasteiger partial charge in [0.15, 0.2) is 5.78 Å². The molecule has 38 heavy (non-hydrogen) atoms. The monoisotopic (exact) mass is 528 g/mol. The summed E-state index contributed by atoms with van der Waals surface area (Å²) in [7, 11) is -3.87. The fraction of sp³-hybridized carbons (Fsp3) is 0.207. The highest BCUT2D eigenvalue weighted by molar-refractivity contribution is 7.93. The molecule has 9 heteroatoms. The highest BCUT2D eigenvalue weighted by Gasteiger charge is 2.23. The summed E-state index contributed by atoms with van der Waals surface area (Å²) >= 11 is 0. The van der Waals surface area contributed by atoms with E-state index in [-0.39, 0.29) is 16.6 Å². The van der Waals surface area contributed by atoms with Crippen molar-refractivity contribution < 1.29 is 18.0 Å². The number of benzene rings is 3. The van der Waals surface area contributed by atoms with Crippen LogP contribution in [0.1, 0.15) is 33.2 Å². The van der Waals surface area contributed by atoms with E-state index in [1.165, 1.54) is 6.07 Å². The summed E-state index contributed by atoms with van der Waals surface area (Å²) in [5, 5.41) is 0.736. The third kappa shape index (κ3) is 5.44. The Hall–Kier alpha value is -4.08. The van der Waals surface area contributed by atoms with Gasteiger partial charge in [-0.2, -0.15) is 0 Å². The first kappa shape index (κ1) is 25.6. The highest BCUT2D eigenvalue weighted by atomic mass is 32.2. The van der Waals surface area contributed by atoms with Crippen LogP contribution in [0.3, 0.4) is 0 Å². The first-order valence-corrected chi connectivity index (χ1v) is 13.9. The summed E-state index contributed by atoms with van der Waals surface area (Å²) in [5.41, 5.74) is 2.99. The molecule has 1 aliphatic heterocycles. The smallest absolute Gasteiger partial charge is 0.264 e. The lowest BCUT2D eigenvalue weighted by Gasteiger charge is -2.35. The van der Waals surface area contributed by atoms with E-state index in [2.05, 4.69) is 14.6 Å². The number of hydrogen-bond acceptors (Lipinski definition) is 6. The second kappa shape index (κ2) is 10.7. The lowest BCUT2D eigenvalue weighted by molar-refractivity contribution is 0.0628. The minimum Gasteiger partial charge on any atom is -0.336 e. The number of ketones is 1. The van der Waals surface area contributed by atoms with Crippen LogP contribution in [-0.4, -0.2) is 61.1 Å². The number of carbonyl (C=O) groups excluding carboxylic acids is 2. The number of Topliss-reactive ketones (excluding diaryl/α,β-unsaturated/α-hetero) is 1. The van der Waals surface area contributed by atoms with E-state index < -0.39 is 10.0 Å². The summed E-state index contributed by atoms with van der Waals surface area (Å²) in [6.45, 7) is 4.79. The number of hydrogen-bond donors (Lipinski definition) is 1. The topological polar surface area (TPSA) is 99.7 Å². The van der Waals surface area contributed by atoms with Gasteiger partial charge < -0.3 is 4.90 Å². The zero-order valence-electron chi connectivity index (χ0n) is 21.0. The summed E-state index contributed by atoms with van der Waals surface area (Å²) in [4.78, 5) is 33.4. The maximum atomic E-state index is 13.1. The molecule has 3 aromatic carbocycles. The van der Waals surface area contributed by atoms with Crippen LogP contribution in [0.2, 0.25) is 0 Å². The molecule has 1 saturated heterocycles. The van der Waals surface area contributed by atoms with Crippen LogP contribution in [-0.2, 0) is 16.6 Å². The van der Waals surface area contributed by atoms with Crippen molar-refractivity contribution >= 4 is 38.3 Å². The normalized spacial score (nSPS) is 14.4. The predicted octanol–water partition coefficient (Wildman–Crippen LogP) is 4.20. The number of pyridine rings is 1. The lowest BCUT2D eigenvalue weighted by atomic mass is 10.0. The fourth-order valence-electron chi connectivity index (χ4n) is 4.72. The van der Waals surface area contributed by atoms with Gasteiger partial charge in [0.1, 0.15) is 4.90 Å². The Kier molecular flexibility index (Phi) is 7.22. The molecule has 1 N–H and O–H groups in total. The molecule has 1 aromatic heterocycles. The van der Waals surface area contributed by atoms with Crippen LogP contribution in [0.4, 0.5) is 5.69 Å². The van der Waals surface area contributed by atoms with Crippen molar-refractivity contribution in [3.05, 3.63) is 102 Å². The Morgan fingerprint density at radius 1 is 0.868 bits per heavy atom. The van der Waals surface area contributed by atoms with E-state index in [4.69, 9.17) is 0 Å². The standard InChI is InChI=1S/C29H28N4O4S/c1-21(34)26-9-3-2-6-24(26)20-32-16-18-33(19-17-32)29(35)23-11-13-25(14-12-23)31-38(36,37)27-10-4-7-22-8-5-15-30-28(22)27/h2-15,31H,16-20H2,1H3. The molecular weight excluding hydrogens is 500 g/mol. The number of sulfonamides is 1. The quantitative estimate of drug-likeness (QED) is 0.361. The second-order valence-corrected chi connectivity index (χ2v) is 10.9. The van der Waals surface area contributed by atoms with Crippen molar-refractivity contribution in [2.75, 3.05) is 30.9 Å². The molecule has 5 rings (SSSR count). The minimum atomic E-state index is -3.87. The Labute approximate surface area is 222 Å². The van der Waals surface area contributed by atoms with Gasteiger partial charge in [0, 0.05) is 61.1 Å². The molecule has 1 aliphatic rings. The highest BCUT2D eigenvalue weighted by Crippen LogP contribution is 2.24. The van der Waals surface area contributed by atoms with Gasteiger partial charge in [0.25, 0.3) is 15.9 Å². The van der Waals surface area contributed by atoms with Gasteiger partial charge in [-0.1, -0.05) is 42.5 Å². The molecule has 4 aromatic rings. The van der Waals surface area contributed by atoms with Crippen LogP contribution >= 0.6 is 0 Å². The minimum absolute atomic E-state index is 0.0499. The number of nitrogens with one attached hydrogen (secondary N) is 1. The molecule has 1 fully saturated rings. The van der Waals surface area contributed by atoms with Gasteiger partial charge in [-0.3, -0.25) is 24.2 Å². The summed E-state index contributed by atoms with van der Waals surface area (Å²) < 4.78 is 28.7. The number of aromatic nitrogens is 1. The molecule has 0 saturated carbocycles. The van der Waals surface area contributed by atoms with Crippen LogP contribution in [0.25, 0.3) is 10.9 Å². The molecule has 2 heterocycles. The molecule has 0 spiro atoms. The van der Waals surface area contributed by atoms with E-state index in [0.29, 0.717) is 49.5 Å². The number of nitrogens with zero attached hydrogens (tertiary/aromatic N) is 3. The third-order valence-corrected chi connectivity index (χ3v) is 8.13. The van der Waals surface area contributed by atoms with Crippen molar-refractivity contribution in [3.63, 3.8) is 0 Å². The molecule has 0 unspecified atom stereocenters. The maximum absolute atomic E-state index is 13.1. The Bertz CT molecular complexity index is 1590. The average Bonchev–Trinajstić information content (AvgIpc) is 2.93. The molecule has 0 bridgehead atoms. The van der Waals surface area contributed by atoms with Gasteiger partial charge in [-0.05, 0) is 48.9 Å². The van der Waals surface area contributed by atoms with Crippen LogP contribution < -0.4 is 4.72 Å². The zero-order chi connectivity index (χ0) is 26.7. The van der Waals surface area contributed by atoms with E-state index in [9.17, 15) is 18.0 Å². The number of para-hydroxylation sites is 1. The van der Waals surface area contributed by atoms with E-state index in [1.54, 1.807) is 54.4 Å². The molecular formula is C29H28N4O4S. The summed E-state index contributed by atoms with van der Waals surface area (Å²) in [5.74, 6) is -0.0459. The SMILES string of the molecule is CC(=O)c1ccccc1CN1CCN(C(=O)c2ccc(NS(=O)(=O)c3cccc4cccnc34)cc2)CC1. The Balaban J connectivity index is 1.21. The first-order chi connectivity index (χ1) is 18.3. The zero-order valence-corrected chi connectivity index (χ0v) is 21.8. The molecule has 0 aliphatic carbocycles. The van der Waals surface area contributed by atoms with Gasteiger partial charge in [0.05, 0.1) is 5.52 Å². The average molecular weight is 529 g/mol. The van der Waals surface area contributed by atoms with Gasteiger partial charge in [-0.15, -0.1) is 0 Å². The first-order valence-electron chi connectivity index (χ1n) is 12.4. The van der Waals surface area contributed by atoms with Crippen molar-refractivity contribution in [2.24, 2.45) is 0 Å². The molecule has 1 amide bonds. The lowest BCUT2D eigenvalue weighted by Crippen LogP contribution is -2.48. The molecule has 0 atom stereocenters. The fourth-order valence-corrected chi connectivity index (χ4v) is 5.96. The van der Waals surface area contributed by atoms with Gasteiger partial charge in [-0.25, -0.2) is 8.42 Å². The largest absolute Gasteiger partial charge is 0.336 e. The van der Waals surface area contributed by atoms with Crippen LogP contribution in [0, 0.1) is 0 Å². The van der Waals surface area contributed by atoms with E-state index in [1.807, 2.05) is 36.4 Å². The number of anilines is 1. The third-order valence-electron chi connectivity index (χ3n) is 6.72. The summed E-state index contributed by atoms with van der Waals surface area (Å²) in [6, 6.07) is 22.7. The molecule has 194 valence electrons. The number of amides is 1.